The Bertz CT molecular complexity index is 442. The molecule has 0 bridgehead atoms. The molecule has 5 heteroatoms. The van der Waals surface area contributed by atoms with E-state index in [1.54, 1.807) is 12.1 Å². The zero-order chi connectivity index (χ0) is 10.3. The summed E-state index contributed by atoms with van der Waals surface area (Å²) in [4.78, 5) is 22.3. The molecule has 2 rings (SSSR count). The van der Waals surface area contributed by atoms with Gasteiger partial charge in [-0.15, -0.1) is 0 Å². The van der Waals surface area contributed by atoms with Crippen LogP contribution in [-0.2, 0) is 4.79 Å². The van der Waals surface area contributed by atoms with Crippen molar-refractivity contribution >= 4 is 33.3 Å². The molecule has 1 N–H and O–H groups in total. The van der Waals surface area contributed by atoms with Crippen LogP contribution in [0.25, 0.3) is 0 Å². The Kier molecular flexibility index (Phi) is 2.03. The summed E-state index contributed by atoms with van der Waals surface area (Å²) in [7, 11) is 1.52. The lowest BCUT2D eigenvalue weighted by molar-refractivity contribution is -0.112. The molecule has 1 aromatic carbocycles. The number of hydrogen-bond acceptors (Lipinski definition) is 3. The second-order valence-electron chi connectivity index (χ2n) is 2.82. The van der Waals surface area contributed by atoms with Crippen molar-refractivity contribution in [1.82, 2.24) is 0 Å². The van der Waals surface area contributed by atoms with E-state index in [-0.39, 0.29) is 0 Å². The number of nitrogens with one attached hydrogen (secondary N) is 1. The number of ether oxygens (including phenoxy) is 1. The van der Waals surface area contributed by atoms with Crippen LogP contribution >= 0.6 is 15.9 Å². The van der Waals surface area contributed by atoms with Crippen molar-refractivity contribution < 1.29 is 14.3 Å². The number of methoxy groups -OCH3 is 1. The van der Waals surface area contributed by atoms with E-state index in [2.05, 4.69) is 21.2 Å². The Morgan fingerprint density at radius 1 is 1.36 bits per heavy atom. The van der Waals surface area contributed by atoms with Crippen LogP contribution in [0, 0.1) is 0 Å². The molecule has 0 unspecified atom stereocenters. The highest BCUT2D eigenvalue weighted by atomic mass is 79.9. The quantitative estimate of drug-likeness (QED) is 0.776. The smallest absolute Gasteiger partial charge is 0.296 e. The van der Waals surface area contributed by atoms with Crippen LogP contribution in [-0.4, -0.2) is 18.8 Å². The van der Waals surface area contributed by atoms with Gasteiger partial charge in [-0.3, -0.25) is 9.59 Å². The summed E-state index contributed by atoms with van der Waals surface area (Å²) in [5.41, 5.74) is 0.878. The van der Waals surface area contributed by atoms with Gasteiger partial charge in [-0.25, -0.2) is 0 Å². The Morgan fingerprint density at radius 3 is 2.71 bits per heavy atom. The number of benzene rings is 1. The summed E-state index contributed by atoms with van der Waals surface area (Å²) in [6.45, 7) is 0. The minimum Gasteiger partial charge on any atom is -0.495 e. The monoisotopic (exact) mass is 255 g/mol. The molecule has 1 amide bonds. The maximum Gasteiger partial charge on any atom is 0.296 e. The normalized spacial score (nSPS) is 13.9. The average molecular weight is 256 g/mol. The number of carbonyl (C=O) groups is 2. The number of ketones is 1. The summed E-state index contributed by atoms with van der Waals surface area (Å²) < 4.78 is 5.69. The van der Waals surface area contributed by atoms with Crippen molar-refractivity contribution in [3.05, 3.63) is 22.2 Å². The van der Waals surface area contributed by atoms with Crippen molar-refractivity contribution in [3.8, 4) is 5.75 Å². The molecular formula is C9H6BrNO3. The second-order valence-corrected chi connectivity index (χ2v) is 3.67. The van der Waals surface area contributed by atoms with Crippen LogP contribution in [0.3, 0.4) is 0 Å². The summed E-state index contributed by atoms with van der Waals surface area (Å²) in [6.07, 6.45) is 0. The van der Waals surface area contributed by atoms with Crippen LogP contribution in [0.5, 0.6) is 5.75 Å². The van der Waals surface area contributed by atoms with Gasteiger partial charge in [0.25, 0.3) is 11.7 Å². The molecule has 0 saturated heterocycles. The summed E-state index contributed by atoms with van der Waals surface area (Å²) in [5.74, 6) is -0.526. The maximum atomic E-state index is 11.3. The van der Waals surface area contributed by atoms with Crippen molar-refractivity contribution in [3.63, 3.8) is 0 Å². The lowest BCUT2D eigenvalue weighted by atomic mass is 10.1. The van der Waals surface area contributed by atoms with E-state index in [1.165, 1.54) is 7.11 Å². The van der Waals surface area contributed by atoms with E-state index in [4.69, 9.17) is 4.74 Å². The lowest BCUT2D eigenvalue weighted by Crippen LogP contribution is -2.12. The Hall–Kier alpha value is -1.36. The molecule has 0 spiro atoms. The fourth-order valence-corrected chi connectivity index (χ4v) is 1.81. The fourth-order valence-electron chi connectivity index (χ4n) is 1.30. The van der Waals surface area contributed by atoms with Gasteiger partial charge < -0.3 is 10.1 Å². The molecule has 72 valence electrons. The first-order chi connectivity index (χ1) is 6.63. The molecule has 1 heterocycles. The number of halogens is 1. The van der Waals surface area contributed by atoms with E-state index < -0.39 is 11.7 Å². The molecular weight excluding hydrogens is 250 g/mol. The SMILES string of the molecule is COc1cc2c(cc1Br)C(=O)C(=O)N2. The van der Waals surface area contributed by atoms with Crippen LogP contribution in [0.4, 0.5) is 5.69 Å². The Morgan fingerprint density at radius 2 is 2.07 bits per heavy atom. The number of Topliss-reactive ketones (excluding diaryl/α,β-unsaturated/α-hetero) is 1. The summed E-state index contributed by atoms with van der Waals surface area (Å²) in [5, 5.41) is 2.46. The van der Waals surface area contributed by atoms with E-state index in [9.17, 15) is 9.59 Å². The second kappa shape index (κ2) is 3.09. The van der Waals surface area contributed by atoms with E-state index in [0.29, 0.717) is 21.5 Å². The Balaban J connectivity index is 2.60. The molecule has 1 aromatic rings. The van der Waals surface area contributed by atoms with Gasteiger partial charge in [-0.2, -0.15) is 0 Å². The van der Waals surface area contributed by atoms with Crippen LogP contribution in [0.15, 0.2) is 16.6 Å². The van der Waals surface area contributed by atoms with Gasteiger partial charge in [0.2, 0.25) is 0 Å². The topological polar surface area (TPSA) is 55.4 Å². The largest absolute Gasteiger partial charge is 0.495 e. The molecule has 1 aliphatic rings. The van der Waals surface area contributed by atoms with Gasteiger partial charge in [-0.05, 0) is 22.0 Å². The molecule has 0 aliphatic carbocycles. The molecule has 1 aliphatic heterocycles. The molecule has 4 nitrogen and oxygen atoms in total. The zero-order valence-corrected chi connectivity index (χ0v) is 8.84. The van der Waals surface area contributed by atoms with Gasteiger partial charge in [0.15, 0.2) is 0 Å². The number of hydrogen-bond donors (Lipinski definition) is 1. The van der Waals surface area contributed by atoms with Crippen molar-refractivity contribution in [2.24, 2.45) is 0 Å². The third-order valence-electron chi connectivity index (χ3n) is 1.99. The van der Waals surface area contributed by atoms with E-state index in [1.807, 2.05) is 0 Å². The highest BCUT2D eigenvalue weighted by molar-refractivity contribution is 9.10. The molecule has 0 atom stereocenters. The number of fused-ring (bicyclic) bond motifs is 1. The minimum atomic E-state index is -0.597. The molecule has 0 radical (unpaired) electrons. The van der Waals surface area contributed by atoms with Gasteiger partial charge in [0, 0.05) is 6.07 Å². The van der Waals surface area contributed by atoms with E-state index >= 15 is 0 Å². The van der Waals surface area contributed by atoms with Crippen LogP contribution in [0.2, 0.25) is 0 Å². The minimum absolute atomic E-state index is 0.377. The first-order valence-electron chi connectivity index (χ1n) is 3.86. The first kappa shape index (κ1) is 9.21. The van der Waals surface area contributed by atoms with Crippen molar-refractivity contribution in [1.29, 1.82) is 0 Å². The average Bonchev–Trinajstić information content (AvgIpc) is 2.43. The van der Waals surface area contributed by atoms with Crippen LogP contribution < -0.4 is 10.1 Å². The molecule has 14 heavy (non-hydrogen) atoms. The highest BCUT2D eigenvalue weighted by Gasteiger charge is 2.29. The number of carbonyl (C=O) groups excluding carboxylic acids is 2. The standard InChI is InChI=1S/C9H6BrNO3/c1-14-7-3-6-4(2-5(7)10)8(12)9(13)11-6/h2-3H,1H3,(H,11,12,13). The van der Waals surface area contributed by atoms with Crippen LogP contribution in [0.1, 0.15) is 10.4 Å². The van der Waals surface area contributed by atoms with E-state index in [0.717, 1.165) is 0 Å². The summed E-state index contributed by atoms with van der Waals surface area (Å²) >= 11 is 3.24. The van der Waals surface area contributed by atoms with Gasteiger partial charge >= 0.3 is 0 Å². The summed E-state index contributed by atoms with van der Waals surface area (Å²) in [6, 6.07) is 3.19. The fraction of sp³-hybridized carbons (Fsp3) is 0.111. The molecule has 0 saturated carbocycles. The first-order valence-corrected chi connectivity index (χ1v) is 4.66. The number of rotatable bonds is 1. The third kappa shape index (κ3) is 1.21. The number of amides is 1. The molecule has 0 fully saturated rings. The third-order valence-corrected chi connectivity index (χ3v) is 2.61. The highest BCUT2D eigenvalue weighted by Crippen LogP contribution is 2.34. The Labute approximate surface area is 88.4 Å². The maximum absolute atomic E-state index is 11.3. The van der Waals surface area contributed by atoms with Gasteiger partial charge in [0.1, 0.15) is 5.75 Å². The van der Waals surface area contributed by atoms with Gasteiger partial charge in [-0.1, -0.05) is 0 Å². The van der Waals surface area contributed by atoms with Gasteiger partial charge in [0.05, 0.1) is 22.8 Å². The van der Waals surface area contributed by atoms with Crippen molar-refractivity contribution in [2.75, 3.05) is 12.4 Å². The zero-order valence-electron chi connectivity index (χ0n) is 7.26. The number of anilines is 1. The predicted molar refractivity (Wildman–Crippen MR) is 53.7 cm³/mol. The van der Waals surface area contributed by atoms with Crippen molar-refractivity contribution in [2.45, 2.75) is 0 Å². The molecule has 0 aromatic heterocycles. The lowest BCUT2D eigenvalue weighted by Gasteiger charge is -2.04. The predicted octanol–water partition coefficient (Wildman–Crippen LogP) is 1.59.